The van der Waals surface area contributed by atoms with Crippen LogP contribution < -0.4 is 4.80 Å². The van der Waals surface area contributed by atoms with Gasteiger partial charge >= 0.3 is 0 Å². The number of halogens is 1. The van der Waals surface area contributed by atoms with Crippen molar-refractivity contribution in [2.75, 3.05) is 13.1 Å². The summed E-state index contributed by atoms with van der Waals surface area (Å²) in [5.41, 5.74) is 1.31. The van der Waals surface area contributed by atoms with E-state index in [-0.39, 0.29) is 4.90 Å². The van der Waals surface area contributed by atoms with Gasteiger partial charge in [0.2, 0.25) is 10.0 Å². The largest absolute Gasteiger partial charge is 0.312 e. The first-order valence-electron chi connectivity index (χ1n) is 10.4. The van der Waals surface area contributed by atoms with Crippen LogP contribution in [0.4, 0.5) is 0 Å². The molecule has 0 fully saturated rings. The molecule has 0 aliphatic heterocycles. The molecule has 0 atom stereocenters. The first-order valence-corrected chi connectivity index (χ1v) is 13.5. The Bertz CT molecular complexity index is 1290. The van der Waals surface area contributed by atoms with Crippen molar-refractivity contribution in [2.24, 2.45) is 4.99 Å². The van der Waals surface area contributed by atoms with Crippen LogP contribution in [0.15, 0.2) is 69.5 Å². The summed E-state index contributed by atoms with van der Waals surface area (Å²) in [6, 6.07) is 11.9. The van der Waals surface area contributed by atoms with Gasteiger partial charge in [0.15, 0.2) is 4.80 Å². The number of rotatable bonds is 9. The summed E-state index contributed by atoms with van der Waals surface area (Å²) >= 11 is 4.89. The number of hydrogen-bond donors (Lipinski definition) is 0. The van der Waals surface area contributed by atoms with Gasteiger partial charge in [-0.15, -0.1) is 6.58 Å². The zero-order valence-corrected chi connectivity index (χ0v) is 21.3. The molecule has 0 spiro atoms. The highest BCUT2D eigenvalue weighted by Crippen LogP contribution is 2.22. The van der Waals surface area contributed by atoms with E-state index in [4.69, 9.17) is 0 Å². The lowest BCUT2D eigenvalue weighted by atomic mass is 10.2. The third-order valence-corrected chi connectivity index (χ3v) is 8.53. The molecular weight excluding hydrogens is 510 g/mol. The Morgan fingerprint density at radius 3 is 2.56 bits per heavy atom. The Morgan fingerprint density at radius 1 is 1.22 bits per heavy atom. The summed E-state index contributed by atoms with van der Waals surface area (Å²) in [6.45, 7) is 9.06. The molecule has 1 aromatic heterocycles. The molecule has 9 heteroatoms. The molecule has 0 saturated heterocycles. The number of hydrogen-bond acceptors (Lipinski definition) is 4. The number of nitrogens with zero attached hydrogens (tertiary/aromatic N) is 3. The van der Waals surface area contributed by atoms with Crippen LogP contribution >= 0.6 is 27.3 Å². The third kappa shape index (κ3) is 5.28. The summed E-state index contributed by atoms with van der Waals surface area (Å²) < 4.78 is 31.1. The lowest BCUT2D eigenvalue weighted by Gasteiger charge is -2.20. The highest BCUT2D eigenvalue weighted by Gasteiger charge is 2.22. The molecular formula is C23H26BrN3O3S2. The zero-order chi connectivity index (χ0) is 23.3. The number of fused-ring (bicyclic) bond motifs is 1. The molecule has 0 N–H and O–H groups in total. The Balaban J connectivity index is 1.93. The van der Waals surface area contributed by atoms with E-state index in [1.807, 2.05) is 36.6 Å². The van der Waals surface area contributed by atoms with E-state index < -0.39 is 15.9 Å². The smallest absolute Gasteiger partial charge is 0.279 e. The van der Waals surface area contributed by atoms with Crippen LogP contribution in [0.3, 0.4) is 0 Å². The van der Waals surface area contributed by atoms with Crippen LogP contribution in [0.5, 0.6) is 0 Å². The van der Waals surface area contributed by atoms with Crippen molar-refractivity contribution < 1.29 is 13.2 Å². The zero-order valence-electron chi connectivity index (χ0n) is 18.1. The second-order valence-corrected chi connectivity index (χ2v) is 11.1. The number of amides is 1. The summed E-state index contributed by atoms with van der Waals surface area (Å²) in [7, 11) is -3.59. The molecule has 1 heterocycles. The molecule has 0 bridgehead atoms. The summed E-state index contributed by atoms with van der Waals surface area (Å²) in [5.74, 6) is -0.421. The molecule has 2 aromatic carbocycles. The molecule has 0 radical (unpaired) electrons. The van der Waals surface area contributed by atoms with Crippen molar-refractivity contribution in [2.45, 2.75) is 38.1 Å². The molecule has 0 aliphatic rings. The van der Waals surface area contributed by atoms with E-state index in [1.165, 1.54) is 39.9 Å². The van der Waals surface area contributed by atoms with Crippen molar-refractivity contribution in [1.82, 2.24) is 8.87 Å². The number of aromatic nitrogens is 1. The molecule has 0 unspecified atom stereocenters. The van der Waals surface area contributed by atoms with Gasteiger partial charge in [0.05, 0.1) is 15.1 Å². The van der Waals surface area contributed by atoms with Crippen molar-refractivity contribution in [3.05, 3.63) is 70.0 Å². The molecule has 6 nitrogen and oxygen atoms in total. The van der Waals surface area contributed by atoms with Crippen molar-refractivity contribution in [3.8, 4) is 0 Å². The standard InChI is InChI=1S/C23H26BrN3O3S2/c1-4-7-15-26(6-3)32(29,30)19-11-8-17(9-12-19)22(28)25-23-27(14-5-2)20-13-10-18(24)16-21(20)31-23/h5,8-13,16H,2,4,6-7,14-15H2,1,3H3. The van der Waals surface area contributed by atoms with Crippen LogP contribution in [-0.2, 0) is 16.6 Å². The van der Waals surface area contributed by atoms with Gasteiger partial charge in [-0.1, -0.05) is 53.6 Å². The number of thiazole rings is 1. The molecule has 0 saturated carbocycles. The van der Waals surface area contributed by atoms with Gasteiger partial charge in [0.25, 0.3) is 5.91 Å². The fraction of sp³-hybridized carbons (Fsp3) is 0.304. The van der Waals surface area contributed by atoms with E-state index in [1.54, 1.807) is 6.08 Å². The summed E-state index contributed by atoms with van der Waals surface area (Å²) in [6.07, 6.45) is 3.48. The number of benzene rings is 2. The maximum absolute atomic E-state index is 12.9. The van der Waals surface area contributed by atoms with E-state index in [0.717, 1.165) is 27.5 Å². The first-order chi connectivity index (χ1) is 15.3. The van der Waals surface area contributed by atoms with E-state index in [0.29, 0.717) is 30.0 Å². The fourth-order valence-electron chi connectivity index (χ4n) is 3.29. The van der Waals surface area contributed by atoms with Gasteiger partial charge in [-0.2, -0.15) is 9.30 Å². The predicted molar refractivity (Wildman–Crippen MR) is 133 cm³/mol. The lowest BCUT2D eigenvalue weighted by molar-refractivity contribution is 0.0997. The summed E-state index contributed by atoms with van der Waals surface area (Å²) in [4.78, 5) is 17.9. The molecule has 0 aliphatic carbocycles. The van der Waals surface area contributed by atoms with Gasteiger partial charge < -0.3 is 4.57 Å². The Kier molecular flexibility index (Phi) is 8.21. The van der Waals surface area contributed by atoms with Gasteiger partial charge in [-0.05, 0) is 48.9 Å². The van der Waals surface area contributed by atoms with Crippen LogP contribution in [0.1, 0.15) is 37.0 Å². The highest BCUT2D eigenvalue weighted by molar-refractivity contribution is 9.10. The topological polar surface area (TPSA) is 71.7 Å². The number of unbranched alkanes of at least 4 members (excludes halogenated alkanes) is 1. The van der Waals surface area contributed by atoms with Crippen LogP contribution in [0.25, 0.3) is 10.2 Å². The van der Waals surface area contributed by atoms with Crippen LogP contribution in [0, 0.1) is 0 Å². The van der Waals surface area contributed by atoms with Gasteiger partial charge in [0.1, 0.15) is 0 Å². The maximum Gasteiger partial charge on any atom is 0.279 e. The molecule has 32 heavy (non-hydrogen) atoms. The first kappa shape index (κ1) is 24.6. The average Bonchev–Trinajstić information content (AvgIpc) is 3.10. The monoisotopic (exact) mass is 535 g/mol. The van der Waals surface area contributed by atoms with E-state index in [2.05, 4.69) is 27.5 Å². The van der Waals surface area contributed by atoms with Gasteiger partial charge in [-0.25, -0.2) is 8.42 Å². The minimum absolute atomic E-state index is 0.181. The predicted octanol–water partition coefficient (Wildman–Crippen LogP) is 5.20. The lowest BCUT2D eigenvalue weighted by Crippen LogP contribution is -2.31. The Hall–Kier alpha value is -2.07. The Morgan fingerprint density at radius 2 is 1.94 bits per heavy atom. The van der Waals surface area contributed by atoms with Crippen molar-refractivity contribution in [3.63, 3.8) is 0 Å². The fourth-order valence-corrected chi connectivity index (χ4v) is 6.37. The highest BCUT2D eigenvalue weighted by atomic mass is 79.9. The SMILES string of the molecule is C=CCn1c(=NC(=O)c2ccc(S(=O)(=O)N(CC)CCCC)cc2)sc2cc(Br)ccc21. The minimum Gasteiger partial charge on any atom is -0.312 e. The van der Waals surface area contributed by atoms with Crippen LogP contribution in [-0.4, -0.2) is 36.3 Å². The molecule has 1 amide bonds. The van der Waals surface area contributed by atoms with Gasteiger partial charge in [-0.3, -0.25) is 4.79 Å². The second kappa shape index (κ2) is 10.7. The Labute approximate surface area is 201 Å². The number of carbonyl (C=O) groups excluding carboxylic acids is 1. The maximum atomic E-state index is 12.9. The average molecular weight is 537 g/mol. The molecule has 170 valence electrons. The third-order valence-electron chi connectivity index (χ3n) is 5.01. The number of carbonyl (C=O) groups is 1. The normalized spacial score (nSPS) is 12.6. The number of allylic oxidation sites excluding steroid dienone is 1. The van der Waals surface area contributed by atoms with Crippen molar-refractivity contribution >= 4 is 53.4 Å². The second-order valence-electron chi connectivity index (χ2n) is 7.19. The number of sulfonamides is 1. The minimum atomic E-state index is -3.59. The quantitative estimate of drug-likeness (QED) is 0.353. The molecule has 3 rings (SSSR count). The van der Waals surface area contributed by atoms with Crippen molar-refractivity contribution in [1.29, 1.82) is 0 Å². The van der Waals surface area contributed by atoms with E-state index in [9.17, 15) is 13.2 Å². The van der Waals surface area contributed by atoms with Crippen LogP contribution in [0.2, 0.25) is 0 Å². The van der Waals surface area contributed by atoms with Gasteiger partial charge in [0, 0.05) is 29.7 Å². The summed E-state index contributed by atoms with van der Waals surface area (Å²) in [5, 5.41) is 0. The molecule has 3 aromatic rings. The van der Waals surface area contributed by atoms with E-state index >= 15 is 0 Å².